The van der Waals surface area contributed by atoms with Crippen molar-refractivity contribution in [3.63, 3.8) is 0 Å². The van der Waals surface area contributed by atoms with Gasteiger partial charge in [-0.1, -0.05) is 30.3 Å². The van der Waals surface area contributed by atoms with E-state index >= 15 is 0 Å². The van der Waals surface area contributed by atoms with Gasteiger partial charge in [-0.25, -0.2) is 9.97 Å². The minimum absolute atomic E-state index is 0.267. The average molecular weight is 365 g/mol. The van der Waals surface area contributed by atoms with Crippen LogP contribution in [-0.2, 0) is 11.3 Å². The molecule has 0 spiro atoms. The van der Waals surface area contributed by atoms with E-state index in [1.165, 1.54) is 11.9 Å². The van der Waals surface area contributed by atoms with Gasteiger partial charge >= 0.3 is 0 Å². The Kier molecular flexibility index (Phi) is 5.13. The number of nitrogens with zero attached hydrogens (tertiary/aromatic N) is 4. The van der Waals surface area contributed by atoms with Crippen LogP contribution in [0.15, 0.2) is 36.7 Å². The Morgan fingerprint density at radius 2 is 2.04 bits per heavy atom. The predicted octanol–water partition coefficient (Wildman–Crippen LogP) is 2.39. The lowest BCUT2D eigenvalue weighted by Crippen LogP contribution is -2.27. The van der Waals surface area contributed by atoms with E-state index in [1.807, 2.05) is 23.1 Å². The second-order valence-electron chi connectivity index (χ2n) is 6.61. The highest BCUT2D eigenvalue weighted by Crippen LogP contribution is 2.19. The standard InChI is InChI=1S/C19H23N7O/c27-15-8-4-10-26(15)11-5-9-20-19-24-16-17(22-13-23-18(16)25-19)21-12-14-6-2-1-3-7-14/h1-3,6-7,13H,4-5,8-12H2,(H3,20,21,22,23,24,25). The summed E-state index contributed by atoms with van der Waals surface area (Å²) < 4.78 is 0. The van der Waals surface area contributed by atoms with Gasteiger partial charge in [0.05, 0.1) is 0 Å². The second-order valence-corrected chi connectivity index (χ2v) is 6.61. The summed E-state index contributed by atoms with van der Waals surface area (Å²) in [5.74, 6) is 1.66. The van der Waals surface area contributed by atoms with Crippen molar-refractivity contribution in [1.29, 1.82) is 0 Å². The fourth-order valence-corrected chi connectivity index (χ4v) is 3.24. The number of hydrogen-bond donors (Lipinski definition) is 3. The van der Waals surface area contributed by atoms with Gasteiger partial charge < -0.3 is 20.5 Å². The van der Waals surface area contributed by atoms with Crippen molar-refractivity contribution in [1.82, 2.24) is 24.8 Å². The van der Waals surface area contributed by atoms with Crippen molar-refractivity contribution < 1.29 is 4.79 Å². The van der Waals surface area contributed by atoms with Gasteiger partial charge in [-0.15, -0.1) is 0 Å². The van der Waals surface area contributed by atoms with Crippen LogP contribution in [0.5, 0.6) is 0 Å². The molecule has 1 aliphatic rings. The minimum Gasteiger partial charge on any atom is -0.364 e. The van der Waals surface area contributed by atoms with Crippen molar-refractivity contribution >= 4 is 28.8 Å². The normalized spacial score (nSPS) is 14.1. The summed E-state index contributed by atoms with van der Waals surface area (Å²) in [7, 11) is 0. The number of rotatable bonds is 8. The molecule has 3 N–H and O–H groups in total. The Morgan fingerprint density at radius 1 is 1.15 bits per heavy atom. The molecule has 3 aromatic rings. The van der Waals surface area contributed by atoms with Crippen LogP contribution in [0.25, 0.3) is 11.2 Å². The monoisotopic (exact) mass is 365 g/mol. The van der Waals surface area contributed by atoms with Gasteiger partial charge in [0.1, 0.15) is 11.8 Å². The Bertz CT molecular complexity index is 909. The molecule has 0 saturated carbocycles. The van der Waals surface area contributed by atoms with Gasteiger partial charge in [-0.3, -0.25) is 4.79 Å². The molecular weight excluding hydrogens is 342 g/mol. The summed E-state index contributed by atoms with van der Waals surface area (Å²) in [5, 5.41) is 6.61. The molecule has 1 fully saturated rings. The first-order valence-corrected chi connectivity index (χ1v) is 9.30. The quantitative estimate of drug-likeness (QED) is 0.530. The number of aromatic nitrogens is 4. The highest BCUT2D eigenvalue weighted by atomic mass is 16.2. The zero-order valence-corrected chi connectivity index (χ0v) is 15.1. The summed E-state index contributed by atoms with van der Waals surface area (Å²) in [6.45, 7) is 3.09. The van der Waals surface area contributed by atoms with E-state index in [0.717, 1.165) is 43.8 Å². The van der Waals surface area contributed by atoms with E-state index in [2.05, 4.69) is 42.7 Å². The minimum atomic E-state index is 0.267. The smallest absolute Gasteiger partial charge is 0.222 e. The summed E-state index contributed by atoms with van der Waals surface area (Å²) in [6, 6.07) is 10.2. The van der Waals surface area contributed by atoms with Crippen LogP contribution >= 0.6 is 0 Å². The maximum absolute atomic E-state index is 11.6. The second kappa shape index (κ2) is 8.03. The van der Waals surface area contributed by atoms with Gasteiger partial charge in [-0.05, 0) is 18.4 Å². The van der Waals surface area contributed by atoms with Crippen LogP contribution in [0.1, 0.15) is 24.8 Å². The van der Waals surface area contributed by atoms with E-state index < -0.39 is 0 Å². The zero-order valence-electron chi connectivity index (χ0n) is 15.1. The Morgan fingerprint density at radius 3 is 2.85 bits per heavy atom. The Hall–Kier alpha value is -3.16. The van der Waals surface area contributed by atoms with Crippen LogP contribution in [0.3, 0.4) is 0 Å². The molecule has 2 aromatic heterocycles. The molecule has 1 aliphatic heterocycles. The summed E-state index contributed by atoms with van der Waals surface area (Å²) in [6.07, 6.45) is 4.06. The fourth-order valence-electron chi connectivity index (χ4n) is 3.24. The highest BCUT2D eigenvalue weighted by Gasteiger charge is 2.19. The Balaban J connectivity index is 1.35. The number of fused-ring (bicyclic) bond motifs is 1. The molecule has 1 amide bonds. The maximum atomic E-state index is 11.6. The number of benzene rings is 1. The number of H-pyrrole nitrogens is 1. The largest absolute Gasteiger partial charge is 0.364 e. The van der Waals surface area contributed by atoms with E-state index in [4.69, 9.17) is 0 Å². The number of anilines is 2. The molecule has 140 valence electrons. The van der Waals surface area contributed by atoms with Crippen LogP contribution < -0.4 is 10.6 Å². The molecule has 0 radical (unpaired) electrons. The van der Waals surface area contributed by atoms with Gasteiger partial charge in [0.25, 0.3) is 0 Å². The molecule has 0 unspecified atom stereocenters. The van der Waals surface area contributed by atoms with Crippen LogP contribution in [0.4, 0.5) is 11.8 Å². The van der Waals surface area contributed by atoms with Gasteiger partial charge in [0.15, 0.2) is 11.5 Å². The molecular formula is C19H23N7O. The number of likely N-dealkylation sites (tertiary alicyclic amines) is 1. The number of carbonyl (C=O) groups is 1. The molecule has 4 rings (SSSR count). The molecule has 0 bridgehead atoms. The lowest BCUT2D eigenvalue weighted by Gasteiger charge is -2.14. The first-order valence-electron chi connectivity index (χ1n) is 9.30. The van der Waals surface area contributed by atoms with Gasteiger partial charge in [-0.2, -0.15) is 4.98 Å². The first-order chi connectivity index (χ1) is 13.3. The third kappa shape index (κ3) is 4.16. The lowest BCUT2D eigenvalue weighted by molar-refractivity contribution is -0.127. The average Bonchev–Trinajstić information content (AvgIpc) is 3.30. The van der Waals surface area contributed by atoms with Gasteiger partial charge in [0, 0.05) is 32.6 Å². The van der Waals surface area contributed by atoms with Crippen molar-refractivity contribution in [2.45, 2.75) is 25.8 Å². The van der Waals surface area contributed by atoms with Crippen molar-refractivity contribution in [2.75, 3.05) is 30.3 Å². The molecule has 0 aliphatic carbocycles. The van der Waals surface area contributed by atoms with Crippen molar-refractivity contribution in [3.8, 4) is 0 Å². The lowest BCUT2D eigenvalue weighted by atomic mass is 10.2. The topological polar surface area (TPSA) is 98.8 Å². The number of carbonyl (C=O) groups excluding carboxylic acids is 1. The van der Waals surface area contributed by atoms with E-state index in [-0.39, 0.29) is 5.91 Å². The summed E-state index contributed by atoms with van der Waals surface area (Å²) in [4.78, 5) is 29.8. The number of hydrogen-bond acceptors (Lipinski definition) is 6. The molecule has 1 aromatic carbocycles. The maximum Gasteiger partial charge on any atom is 0.222 e. The van der Waals surface area contributed by atoms with Crippen molar-refractivity contribution in [3.05, 3.63) is 42.2 Å². The van der Waals surface area contributed by atoms with Gasteiger partial charge in [0.2, 0.25) is 11.9 Å². The summed E-state index contributed by atoms with van der Waals surface area (Å²) in [5.41, 5.74) is 2.59. The predicted molar refractivity (Wildman–Crippen MR) is 104 cm³/mol. The number of amides is 1. The SMILES string of the molecule is O=C1CCCN1CCCNc1nc2ncnc(NCc3ccccc3)c2[nH]1. The van der Waals surface area contributed by atoms with Crippen LogP contribution in [0.2, 0.25) is 0 Å². The zero-order chi connectivity index (χ0) is 18.5. The molecule has 3 heterocycles. The van der Waals surface area contributed by atoms with E-state index in [9.17, 15) is 4.79 Å². The van der Waals surface area contributed by atoms with E-state index in [1.54, 1.807) is 0 Å². The third-order valence-corrected chi connectivity index (χ3v) is 4.66. The Labute approximate surface area is 157 Å². The number of aromatic amines is 1. The first kappa shape index (κ1) is 17.3. The number of imidazole rings is 1. The fraction of sp³-hybridized carbons (Fsp3) is 0.368. The molecule has 27 heavy (non-hydrogen) atoms. The van der Waals surface area contributed by atoms with Crippen molar-refractivity contribution in [2.24, 2.45) is 0 Å². The molecule has 8 nitrogen and oxygen atoms in total. The molecule has 0 atom stereocenters. The highest BCUT2D eigenvalue weighted by molar-refractivity contribution is 5.84. The van der Waals surface area contributed by atoms with Crippen LogP contribution in [-0.4, -0.2) is 50.4 Å². The molecule has 8 heteroatoms. The van der Waals surface area contributed by atoms with E-state index in [0.29, 0.717) is 24.6 Å². The third-order valence-electron chi connectivity index (χ3n) is 4.66. The number of nitrogens with one attached hydrogen (secondary N) is 3. The van der Waals surface area contributed by atoms with Crippen LogP contribution in [0, 0.1) is 0 Å². The molecule has 1 saturated heterocycles. The summed E-state index contributed by atoms with van der Waals surface area (Å²) >= 11 is 0.